The summed E-state index contributed by atoms with van der Waals surface area (Å²) in [6.07, 6.45) is 10.5. The third-order valence-corrected chi connectivity index (χ3v) is 4.07. The zero-order valence-corrected chi connectivity index (χ0v) is 14.2. The number of likely N-dealkylation sites (N-methyl/N-ethyl adjacent to an activating group) is 1. The molecule has 1 unspecified atom stereocenters. The van der Waals surface area contributed by atoms with Gasteiger partial charge in [0.25, 0.3) is 0 Å². The molecule has 0 aromatic heterocycles. The third kappa shape index (κ3) is 9.35. The van der Waals surface area contributed by atoms with Crippen LogP contribution in [0, 0.1) is 0 Å². The summed E-state index contributed by atoms with van der Waals surface area (Å²) in [7, 11) is 0. The summed E-state index contributed by atoms with van der Waals surface area (Å²) in [6.45, 7) is 11.2. The van der Waals surface area contributed by atoms with Gasteiger partial charge in [-0.25, -0.2) is 0 Å². The Kier molecular flexibility index (Phi) is 13.0. The van der Waals surface area contributed by atoms with Gasteiger partial charge in [-0.05, 0) is 26.4 Å². The van der Waals surface area contributed by atoms with Crippen molar-refractivity contribution in [3.05, 3.63) is 0 Å². The number of carbonyl (C=O) groups is 1. The summed E-state index contributed by atoms with van der Waals surface area (Å²) < 4.78 is 0. The van der Waals surface area contributed by atoms with Crippen LogP contribution < -0.4 is 5.32 Å². The van der Waals surface area contributed by atoms with Gasteiger partial charge >= 0.3 is 0 Å². The first kappa shape index (κ1) is 19.4. The fraction of sp³-hybridized carbons (Fsp3) is 0.941. The second-order valence-corrected chi connectivity index (χ2v) is 5.66. The number of amides is 1. The molecule has 0 aromatic carbocycles. The molecular formula is C17H36N2O. The highest BCUT2D eigenvalue weighted by atomic mass is 16.2. The first-order valence-corrected chi connectivity index (χ1v) is 8.69. The molecular weight excluding hydrogens is 248 g/mol. The van der Waals surface area contributed by atoms with Crippen molar-refractivity contribution in [1.82, 2.24) is 10.2 Å². The minimum absolute atomic E-state index is 0.000885. The standard InChI is InChI=1S/C17H36N2O/c1-5-8-9-10-11-12-13-14-15-18-17(20)16(4)19(6-2)7-3/h16H,5-15H2,1-4H3,(H,18,20). The zero-order chi connectivity index (χ0) is 15.2. The number of unbranched alkanes of at least 4 members (excludes halogenated alkanes) is 7. The van der Waals surface area contributed by atoms with Crippen LogP contribution in [-0.4, -0.2) is 36.5 Å². The summed E-state index contributed by atoms with van der Waals surface area (Å²) in [6, 6.07) is -0.000885. The van der Waals surface area contributed by atoms with Gasteiger partial charge < -0.3 is 5.32 Å². The Bertz CT molecular complexity index is 227. The first-order chi connectivity index (χ1) is 9.67. The number of carbonyl (C=O) groups excluding carboxylic acids is 1. The molecule has 3 nitrogen and oxygen atoms in total. The summed E-state index contributed by atoms with van der Waals surface area (Å²) in [5.41, 5.74) is 0. The minimum Gasteiger partial charge on any atom is -0.355 e. The Labute approximate surface area is 126 Å². The average molecular weight is 284 g/mol. The van der Waals surface area contributed by atoms with Gasteiger partial charge in [-0.15, -0.1) is 0 Å². The molecule has 3 heteroatoms. The molecule has 0 saturated heterocycles. The predicted molar refractivity (Wildman–Crippen MR) is 88.0 cm³/mol. The van der Waals surface area contributed by atoms with Gasteiger partial charge in [0, 0.05) is 6.54 Å². The smallest absolute Gasteiger partial charge is 0.237 e. The average Bonchev–Trinajstić information content (AvgIpc) is 2.46. The van der Waals surface area contributed by atoms with E-state index in [1.165, 1.54) is 44.9 Å². The molecule has 120 valence electrons. The topological polar surface area (TPSA) is 32.3 Å². The molecule has 1 amide bonds. The van der Waals surface area contributed by atoms with Gasteiger partial charge in [0.2, 0.25) is 5.91 Å². The largest absolute Gasteiger partial charge is 0.355 e. The molecule has 0 bridgehead atoms. The van der Waals surface area contributed by atoms with E-state index >= 15 is 0 Å². The maximum Gasteiger partial charge on any atom is 0.237 e. The highest BCUT2D eigenvalue weighted by Crippen LogP contribution is 2.08. The van der Waals surface area contributed by atoms with E-state index in [2.05, 4.69) is 31.0 Å². The Hall–Kier alpha value is -0.570. The second-order valence-electron chi connectivity index (χ2n) is 5.66. The molecule has 0 aromatic rings. The zero-order valence-electron chi connectivity index (χ0n) is 14.2. The Balaban J connectivity index is 3.48. The van der Waals surface area contributed by atoms with E-state index in [4.69, 9.17) is 0 Å². The van der Waals surface area contributed by atoms with Crippen LogP contribution in [0.25, 0.3) is 0 Å². The van der Waals surface area contributed by atoms with E-state index in [9.17, 15) is 4.79 Å². The number of nitrogens with zero attached hydrogens (tertiary/aromatic N) is 1. The van der Waals surface area contributed by atoms with Gasteiger partial charge in [-0.3, -0.25) is 9.69 Å². The van der Waals surface area contributed by atoms with E-state index in [-0.39, 0.29) is 11.9 Å². The van der Waals surface area contributed by atoms with E-state index in [0.29, 0.717) is 0 Å². The van der Waals surface area contributed by atoms with Crippen molar-refractivity contribution in [3.8, 4) is 0 Å². The number of rotatable bonds is 13. The van der Waals surface area contributed by atoms with Gasteiger partial charge in [0.05, 0.1) is 6.04 Å². The molecule has 0 rings (SSSR count). The predicted octanol–water partition coefficient (Wildman–Crippen LogP) is 3.97. The minimum atomic E-state index is -0.000885. The van der Waals surface area contributed by atoms with Gasteiger partial charge in [-0.2, -0.15) is 0 Å². The monoisotopic (exact) mass is 284 g/mol. The fourth-order valence-electron chi connectivity index (χ4n) is 2.56. The van der Waals surface area contributed by atoms with Gasteiger partial charge in [0.1, 0.15) is 0 Å². The highest BCUT2D eigenvalue weighted by molar-refractivity contribution is 5.81. The van der Waals surface area contributed by atoms with Crippen molar-refractivity contribution in [2.24, 2.45) is 0 Å². The second kappa shape index (κ2) is 13.4. The van der Waals surface area contributed by atoms with Gasteiger partial charge in [-0.1, -0.05) is 65.7 Å². The first-order valence-electron chi connectivity index (χ1n) is 8.69. The van der Waals surface area contributed by atoms with E-state index in [0.717, 1.165) is 26.1 Å². The lowest BCUT2D eigenvalue weighted by Crippen LogP contribution is -2.45. The summed E-state index contributed by atoms with van der Waals surface area (Å²) >= 11 is 0. The molecule has 0 spiro atoms. The van der Waals surface area contributed by atoms with Crippen molar-refractivity contribution >= 4 is 5.91 Å². The van der Waals surface area contributed by atoms with Crippen LogP contribution in [0.5, 0.6) is 0 Å². The fourth-order valence-corrected chi connectivity index (χ4v) is 2.56. The van der Waals surface area contributed by atoms with Crippen molar-refractivity contribution in [3.63, 3.8) is 0 Å². The third-order valence-electron chi connectivity index (χ3n) is 4.07. The molecule has 20 heavy (non-hydrogen) atoms. The van der Waals surface area contributed by atoms with Gasteiger partial charge in [0.15, 0.2) is 0 Å². The molecule has 0 aliphatic carbocycles. The Morgan fingerprint density at radius 1 is 0.900 bits per heavy atom. The lowest BCUT2D eigenvalue weighted by molar-refractivity contribution is -0.125. The molecule has 0 aliphatic heterocycles. The normalized spacial score (nSPS) is 12.7. The van der Waals surface area contributed by atoms with Crippen LogP contribution in [0.1, 0.15) is 79.1 Å². The van der Waals surface area contributed by atoms with Crippen LogP contribution in [0.15, 0.2) is 0 Å². The Morgan fingerprint density at radius 3 is 1.90 bits per heavy atom. The van der Waals surface area contributed by atoms with Crippen molar-refractivity contribution < 1.29 is 4.79 Å². The van der Waals surface area contributed by atoms with Crippen LogP contribution in [0.4, 0.5) is 0 Å². The molecule has 1 N–H and O–H groups in total. The van der Waals surface area contributed by atoms with E-state index in [1.54, 1.807) is 0 Å². The van der Waals surface area contributed by atoms with Crippen molar-refractivity contribution in [2.45, 2.75) is 85.1 Å². The number of hydrogen-bond donors (Lipinski definition) is 1. The number of hydrogen-bond acceptors (Lipinski definition) is 2. The van der Waals surface area contributed by atoms with Crippen LogP contribution in [0.3, 0.4) is 0 Å². The quantitative estimate of drug-likeness (QED) is 0.519. The summed E-state index contributed by atoms with van der Waals surface area (Å²) in [4.78, 5) is 14.1. The lowest BCUT2D eigenvalue weighted by Gasteiger charge is -2.25. The van der Waals surface area contributed by atoms with E-state index in [1.807, 2.05) is 6.92 Å². The molecule has 1 atom stereocenters. The lowest BCUT2D eigenvalue weighted by atomic mass is 10.1. The molecule has 0 saturated carbocycles. The van der Waals surface area contributed by atoms with Crippen LogP contribution in [0.2, 0.25) is 0 Å². The number of nitrogens with one attached hydrogen (secondary N) is 1. The Morgan fingerprint density at radius 2 is 1.40 bits per heavy atom. The summed E-state index contributed by atoms with van der Waals surface area (Å²) in [5.74, 6) is 0.177. The molecule has 0 fully saturated rings. The SMILES string of the molecule is CCCCCCCCCCNC(=O)C(C)N(CC)CC. The highest BCUT2D eigenvalue weighted by Gasteiger charge is 2.17. The molecule has 0 radical (unpaired) electrons. The molecule has 0 heterocycles. The maximum absolute atomic E-state index is 12.0. The van der Waals surface area contributed by atoms with Crippen LogP contribution >= 0.6 is 0 Å². The van der Waals surface area contributed by atoms with Crippen molar-refractivity contribution in [1.29, 1.82) is 0 Å². The molecule has 0 aliphatic rings. The van der Waals surface area contributed by atoms with Crippen LogP contribution in [-0.2, 0) is 4.79 Å². The van der Waals surface area contributed by atoms with Crippen molar-refractivity contribution in [2.75, 3.05) is 19.6 Å². The maximum atomic E-state index is 12.0. The van der Waals surface area contributed by atoms with E-state index < -0.39 is 0 Å². The summed E-state index contributed by atoms with van der Waals surface area (Å²) in [5, 5.41) is 3.06.